The van der Waals surface area contributed by atoms with Gasteiger partial charge in [0.1, 0.15) is 11.5 Å². The van der Waals surface area contributed by atoms with Crippen LogP contribution in [0.3, 0.4) is 0 Å². The molecule has 0 atom stereocenters. The molecule has 1 saturated heterocycles. The molecule has 1 aliphatic heterocycles. The van der Waals surface area contributed by atoms with Crippen LogP contribution in [0.15, 0.2) is 47.4 Å². The Morgan fingerprint density at radius 1 is 1.09 bits per heavy atom. The minimum Gasteiger partial charge on any atom is -0.357 e. The number of carbonyl (C=O) groups is 1. The third-order valence-corrected chi connectivity index (χ3v) is 10.0. The largest absolute Gasteiger partial charge is 0.357 e. The third-order valence-electron chi connectivity index (χ3n) is 9.35. The second kappa shape index (κ2) is 14.2. The highest BCUT2D eigenvalue weighted by atomic mass is 35.5. The summed E-state index contributed by atoms with van der Waals surface area (Å²) in [6.07, 6.45) is 7.16. The number of aromatic nitrogens is 3. The lowest BCUT2D eigenvalue weighted by molar-refractivity contribution is -0.121. The van der Waals surface area contributed by atoms with Crippen LogP contribution < -0.4 is 21.1 Å². The molecule has 3 heterocycles. The molecule has 0 unspecified atom stereocenters. The maximum Gasteiger partial charge on any atom is 0.260 e. The van der Waals surface area contributed by atoms with Crippen LogP contribution in [-0.4, -0.2) is 58.2 Å². The van der Waals surface area contributed by atoms with Gasteiger partial charge in [0, 0.05) is 47.9 Å². The van der Waals surface area contributed by atoms with Gasteiger partial charge in [0.05, 0.1) is 28.0 Å². The first kappa shape index (κ1) is 33.2. The van der Waals surface area contributed by atoms with Crippen molar-refractivity contribution in [3.05, 3.63) is 74.4 Å². The van der Waals surface area contributed by atoms with Crippen LogP contribution in [0.2, 0.25) is 10.0 Å². The quantitative estimate of drug-likeness (QED) is 0.209. The lowest BCUT2D eigenvalue weighted by Crippen LogP contribution is -2.39. The van der Waals surface area contributed by atoms with E-state index in [1.807, 2.05) is 32.0 Å². The Labute approximate surface area is 284 Å². The van der Waals surface area contributed by atoms with E-state index in [0.29, 0.717) is 58.0 Å². The predicted molar refractivity (Wildman–Crippen MR) is 187 cm³/mol. The van der Waals surface area contributed by atoms with Crippen LogP contribution >= 0.6 is 23.2 Å². The number of nitrogens with zero attached hydrogens (tertiary/aromatic N) is 5. The summed E-state index contributed by atoms with van der Waals surface area (Å²) in [6, 6.07) is 10.2. The number of amides is 1. The molecular weight excluding hydrogens is 640 g/mol. The zero-order valence-corrected chi connectivity index (χ0v) is 28.5. The number of fused-ring (bicyclic) bond motifs is 1. The number of rotatable bonds is 7. The summed E-state index contributed by atoms with van der Waals surface area (Å²) < 4.78 is 16.3. The number of carbonyl (C=O) groups excluding carboxylic acids is 1. The molecule has 2 aromatic carbocycles. The molecule has 2 fully saturated rings. The van der Waals surface area contributed by atoms with E-state index in [9.17, 15) is 14.0 Å². The van der Waals surface area contributed by atoms with Crippen LogP contribution in [0.4, 0.5) is 21.7 Å². The first-order valence-electron chi connectivity index (χ1n) is 16.3. The Morgan fingerprint density at radius 3 is 2.60 bits per heavy atom. The van der Waals surface area contributed by atoms with Gasteiger partial charge in [-0.3, -0.25) is 19.1 Å². The molecule has 6 rings (SSSR count). The smallest absolute Gasteiger partial charge is 0.260 e. The van der Waals surface area contributed by atoms with E-state index in [0.717, 1.165) is 56.8 Å². The van der Waals surface area contributed by atoms with Crippen molar-refractivity contribution in [2.75, 3.05) is 37.0 Å². The fourth-order valence-electron chi connectivity index (χ4n) is 6.84. The maximum absolute atomic E-state index is 14.6. The zero-order valence-electron chi connectivity index (χ0n) is 27.0. The van der Waals surface area contributed by atoms with Gasteiger partial charge in [-0.2, -0.15) is 4.98 Å². The minimum atomic E-state index is -0.592. The van der Waals surface area contributed by atoms with Crippen LogP contribution in [0.5, 0.6) is 0 Å². The van der Waals surface area contributed by atoms with Gasteiger partial charge in [-0.05, 0) is 88.9 Å². The average molecular weight is 681 g/mol. The summed E-state index contributed by atoms with van der Waals surface area (Å²) in [4.78, 5) is 40.6. The lowest BCUT2D eigenvalue weighted by atomic mass is 9.90. The Hall–Kier alpha value is -3.73. The highest BCUT2D eigenvalue weighted by molar-refractivity contribution is 6.34. The van der Waals surface area contributed by atoms with Gasteiger partial charge >= 0.3 is 0 Å². The van der Waals surface area contributed by atoms with Gasteiger partial charge in [0.15, 0.2) is 0 Å². The van der Waals surface area contributed by atoms with E-state index < -0.39 is 5.82 Å². The van der Waals surface area contributed by atoms with Gasteiger partial charge in [-0.1, -0.05) is 42.3 Å². The Morgan fingerprint density at radius 2 is 1.85 bits per heavy atom. The molecule has 2 aliphatic rings. The fraction of sp³-hybridized carbons (Fsp3) is 0.429. The fourth-order valence-corrected chi connectivity index (χ4v) is 7.36. The van der Waals surface area contributed by atoms with Crippen molar-refractivity contribution in [1.82, 2.24) is 24.8 Å². The van der Waals surface area contributed by atoms with E-state index >= 15 is 0 Å². The molecule has 0 radical (unpaired) electrons. The summed E-state index contributed by atoms with van der Waals surface area (Å²) in [5.74, 6) is -0.251. The van der Waals surface area contributed by atoms with Gasteiger partial charge in [0.25, 0.3) is 5.56 Å². The number of hydrogen-bond donors (Lipinski definition) is 2. The minimum absolute atomic E-state index is 0.0183. The van der Waals surface area contributed by atoms with Gasteiger partial charge in [-0.25, -0.2) is 9.37 Å². The molecule has 1 aliphatic carbocycles. The van der Waals surface area contributed by atoms with Gasteiger partial charge < -0.3 is 15.5 Å². The second-order valence-corrected chi connectivity index (χ2v) is 13.4. The molecule has 1 amide bonds. The molecule has 12 heteroatoms. The van der Waals surface area contributed by atoms with E-state index in [2.05, 4.69) is 32.5 Å². The van der Waals surface area contributed by atoms with Crippen molar-refractivity contribution >= 4 is 57.5 Å². The monoisotopic (exact) mass is 679 g/mol. The van der Waals surface area contributed by atoms with E-state index in [4.69, 9.17) is 28.2 Å². The van der Waals surface area contributed by atoms with Gasteiger partial charge in [0.2, 0.25) is 11.9 Å². The van der Waals surface area contributed by atoms with Gasteiger partial charge in [-0.15, -0.1) is 0 Å². The highest BCUT2D eigenvalue weighted by Gasteiger charge is 2.29. The van der Waals surface area contributed by atoms with Crippen molar-refractivity contribution in [1.29, 1.82) is 0 Å². The number of benzene rings is 2. The Bertz CT molecular complexity index is 1860. The average Bonchev–Trinajstić information content (AvgIpc) is 3.27. The standard InChI is InChI=1S/C35H40Cl2FN7O2/c1-4-30(46)40-22-10-13-24(14-11-22)45-33-26(21(2)31(34(45)47)25-8-7-9-28(38)32(25)37)19-39-35(42-33)41-23-12-15-29(27(36)18-23)44-17-6-5-16-43(3)20-44/h7-9,12,15,18-19,22,24H,4-6,10-11,13-14,16-17,20H2,1-3H3,(H,40,46)(H,39,41,42). The van der Waals surface area contributed by atoms with Crippen molar-refractivity contribution in [2.45, 2.75) is 70.9 Å². The van der Waals surface area contributed by atoms with Crippen LogP contribution in [0, 0.1) is 12.7 Å². The molecule has 47 heavy (non-hydrogen) atoms. The van der Waals surface area contributed by atoms with E-state index in [-0.39, 0.29) is 28.6 Å². The summed E-state index contributed by atoms with van der Waals surface area (Å²) in [7, 11) is 2.12. The van der Waals surface area contributed by atoms with E-state index in [1.54, 1.807) is 22.9 Å². The SMILES string of the molecule is CCC(=O)NC1CCC(n2c(=O)c(-c3cccc(F)c3Cl)c(C)c3cnc(Nc4ccc(N5CCCCN(C)C5)c(Cl)c4)nc32)CC1. The summed E-state index contributed by atoms with van der Waals surface area (Å²) in [5.41, 5.74) is 3.18. The molecule has 248 valence electrons. The number of hydrogen-bond acceptors (Lipinski definition) is 7. The molecular formula is C35H40Cl2FN7O2. The van der Waals surface area contributed by atoms with E-state index in [1.165, 1.54) is 6.07 Å². The molecule has 2 N–H and O–H groups in total. The summed E-state index contributed by atoms with van der Waals surface area (Å²) >= 11 is 13.2. The number of nitrogens with one attached hydrogen (secondary N) is 2. The Balaban J connectivity index is 1.38. The van der Waals surface area contributed by atoms with Crippen molar-refractivity contribution in [2.24, 2.45) is 0 Å². The third kappa shape index (κ3) is 6.96. The number of aryl methyl sites for hydroxylation is 1. The summed E-state index contributed by atoms with van der Waals surface area (Å²) in [5, 5.41) is 7.57. The molecule has 2 aromatic heterocycles. The Kier molecular flexibility index (Phi) is 10.0. The van der Waals surface area contributed by atoms with Crippen molar-refractivity contribution in [3.63, 3.8) is 0 Å². The topological polar surface area (TPSA) is 95.4 Å². The molecule has 0 bridgehead atoms. The first-order valence-corrected chi connectivity index (χ1v) is 17.1. The highest BCUT2D eigenvalue weighted by Crippen LogP contribution is 2.37. The number of pyridine rings is 1. The molecule has 9 nitrogen and oxygen atoms in total. The summed E-state index contributed by atoms with van der Waals surface area (Å²) in [6.45, 7) is 6.46. The number of halogens is 3. The first-order chi connectivity index (χ1) is 22.6. The second-order valence-electron chi connectivity index (χ2n) is 12.6. The van der Waals surface area contributed by atoms with Crippen LogP contribution in [-0.2, 0) is 4.79 Å². The predicted octanol–water partition coefficient (Wildman–Crippen LogP) is 7.46. The van der Waals surface area contributed by atoms with Crippen LogP contribution in [0.1, 0.15) is 63.5 Å². The van der Waals surface area contributed by atoms with Crippen molar-refractivity contribution in [3.8, 4) is 11.1 Å². The normalized spacial score (nSPS) is 19.1. The van der Waals surface area contributed by atoms with Crippen LogP contribution in [0.25, 0.3) is 22.2 Å². The molecule has 1 saturated carbocycles. The van der Waals surface area contributed by atoms with Crippen molar-refractivity contribution < 1.29 is 9.18 Å². The maximum atomic E-state index is 14.6. The molecule has 4 aromatic rings. The zero-order chi connectivity index (χ0) is 33.2. The number of anilines is 3. The molecule has 0 spiro atoms. The lowest BCUT2D eigenvalue weighted by Gasteiger charge is -2.31.